The summed E-state index contributed by atoms with van der Waals surface area (Å²) >= 11 is -2.00. The van der Waals surface area contributed by atoms with E-state index in [-0.39, 0.29) is 15.6 Å². The molecule has 0 aliphatic rings. The van der Waals surface area contributed by atoms with Crippen LogP contribution >= 0.6 is 0 Å². The Labute approximate surface area is 41.9 Å². The van der Waals surface area contributed by atoms with Crippen LogP contribution in [-0.2, 0) is 25.7 Å². The molecule has 0 aromatic rings. The molecule has 0 fully saturated rings. The van der Waals surface area contributed by atoms with Gasteiger partial charge >= 0.3 is 35.9 Å². The molecule has 0 atom stereocenters. The Morgan fingerprint density at radius 3 is 1.20 bits per heavy atom. The molecular formula is H2BeO3Ti. The second kappa shape index (κ2) is 25.3. The molecule has 0 aromatic heterocycles. The van der Waals surface area contributed by atoms with Crippen LogP contribution in [0.15, 0.2) is 0 Å². The second-order valence-electron chi connectivity index (χ2n) is 0.0833. The van der Waals surface area contributed by atoms with Crippen LogP contribution in [0.25, 0.3) is 0 Å². The molecule has 3 nitrogen and oxygen atoms in total. The molecule has 0 amide bonds. The summed E-state index contributed by atoms with van der Waals surface area (Å²) in [6.45, 7) is 0. The minimum absolute atomic E-state index is 0. The van der Waals surface area contributed by atoms with E-state index in [9.17, 15) is 0 Å². The van der Waals surface area contributed by atoms with E-state index in [0.29, 0.717) is 0 Å². The summed E-state index contributed by atoms with van der Waals surface area (Å²) in [5.41, 5.74) is 0. The van der Waals surface area contributed by atoms with Crippen molar-refractivity contribution in [2.75, 3.05) is 0 Å². The van der Waals surface area contributed by atoms with Gasteiger partial charge in [-0.15, -0.1) is 0 Å². The van der Waals surface area contributed by atoms with E-state index in [1.807, 2.05) is 0 Å². The van der Waals surface area contributed by atoms with Gasteiger partial charge in [0.2, 0.25) is 0 Å². The predicted molar refractivity (Wildman–Crippen MR) is 10.5 cm³/mol. The first-order chi connectivity index (χ1) is 1.41. The summed E-state index contributed by atoms with van der Waals surface area (Å²) in [7, 11) is 0. The van der Waals surface area contributed by atoms with Gasteiger partial charge in [-0.1, -0.05) is 0 Å². The van der Waals surface area contributed by atoms with Gasteiger partial charge in [-0.2, -0.15) is 0 Å². The molecule has 0 bridgehead atoms. The van der Waals surface area contributed by atoms with Crippen LogP contribution in [0, 0.1) is 0 Å². The van der Waals surface area contributed by atoms with Crippen molar-refractivity contribution >= 4 is 10.1 Å². The quantitative estimate of drug-likeness (QED) is 0.370. The topological polar surface area (TPSA) is 64.1 Å². The number of hydrogen-bond donors (Lipinski definition) is 0. The Kier molecular flexibility index (Phi) is 91.1. The molecule has 1 N–H and O–H groups in total. The molecule has 26 valence electrons. The van der Waals surface area contributed by atoms with Gasteiger partial charge < -0.3 is 5.48 Å². The third-order valence-electron chi connectivity index (χ3n) is 0. The average molecular weight is 107 g/mol. The van der Waals surface area contributed by atoms with Gasteiger partial charge in [0.15, 0.2) is 0 Å². The average Bonchev–Trinajstić information content (AvgIpc) is 0.918. The standard InChI is InChI=1S/Be.H2O.2O.Ti.H/h;1H2;;;;/q+1;;;;;/p-1. The monoisotopic (exact) mass is 107 g/mol. The van der Waals surface area contributed by atoms with Crippen LogP contribution < -0.4 is 0 Å². The number of rotatable bonds is 0. The van der Waals surface area contributed by atoms with Crippen molar-refractivity contribution in [2.24, 2.45) is 0 Å². The van der Waals surface area contributed by atoms with Crippen molar-refractivity contribution in [1.29, 1.82) is 0 Å². The molecule has 0 aliphatic heterocycles. The molecule has 0 rings (SSSR count). The number of hydrogen-bond acceptors (Lipinski definition) is 3. The molecule has 0 saturated carbocycles. The van der Waals surface area contributed by atoms with E-state index in [1.54, 1.807) is 0 Å². The Morgan fingerprint density at radius 2 is 1.20 bits per heavy atom. The van der Waals surface area contributed by atoms with Crippen molar-refractivity contribution in [3.05, 3.63) is 0 Å². The normalized spacial score (nSPS) is 1.60. The van der Waals surface area contributed by atoms with Crippen molar-refractivity contribution < 1.29 is 31.2 Å². The Hall–Kier alpha value is 0.443. The van der Waals surface area contributed by atoms with E-state index in [1.165, 1.54) is 0 Å². The molecule has 0 saturated heterocycles. The van der Waals surface area contributed by atoms with Gasteiger partial charge in [0, 0.05) is 0 Å². The zero-order valence-corrected chi connectivity index (χ0v) is 4.33. The molecule has 5 heavy (non-hydrogen) atoms. The Balaban J connectivity index is -0.0000000200. The molecule has 0 unspecified atom stereocenters. The minimum atomic E-state index is -2.00. The van der Waals surface area contributed by atoms with Crippen LogP contribution in [0.2, 0.25) is 0 Å². The molecule has 0 radical (unpaired) electrons. The molecular weight excluding hydrogens is 105 g/mol. The van der Waals surface area contributed by atoms with Crippen LogP contribution in [0.1, 0.15) is 0 Å². The first-order valence-electron chi connectivity index (χ1n) is 0.408. The van der Waals surface area contributed by atoms with Crippen molar-refractivity contribution in [2.45, 2.75) is 0 Å². The maximum atomic E-state index is 8.50. The summed E-state index contributed by atoms with van der Waals surface area (Å²) in [5.74, 6) is 0. The summed E-state index contributed by atoms with van der Waals surface area (Å²) in [4.78, 5) is 0. The molecule has 0 heterocycles. The van der Waals surface area contributed by atoms with Gasteiger partial charge in [-0.05, 0) is 0 Å². The van der Waals surface area contributed by atoms with E-state index >= 15 is 0 Å². The predicted octanol–water partition coefficient (Wildman–Crippen LogP) is -1.07. The summed E-state index contributed by atoms with van der Waals surface area (Å²) < 4.78 is 17.0. The molecule has 0 spiro atoms. The van der Waals surface area contributed by atoms with Crippen LogP contribution in [0.3, 0.4) is 0 Å². The van der Waals surface area contributed by atoms with E-state index in [0.717, 1.165) is 0 Å². The zero-order chi connectivity index (χ0) is 2.71. The van der Waals surface area contributed by atoms with E-state index in [2.05, 4.69) is 0 Å². The molecule has 0 aromatic carbocycles. The fraction of sp³-hybridized carbons (Fsp3) is 0. The van der Waals surface area contributed by atoms with Gasteiger partial charge in [-0.3, -0.25) is 0 Å². The van der Waals surface area contributed by atoms with Crippen LogP contribution in [0.5, 0.6) is 0 Å². The van der Waals surface area contributed by atoms with Crippen LogP contribution in [-0.4, -0.2) is 15.6 Å². The SMILES string of the molecule is [BeH+].[OH-].[O]=[Ti]=[O]. The zero-order valence-electron chi connectivity index (χ0n) is 2.76. The third-order valence-corrected chi connectivity index (χ3v) is 0. The molecule has 0 aliphatic carbocycles. The van der Waals surface area contributed by atoms with Gasteiger partial charge in [0.05, 0.1) is 0 Å². The fourth-order valence-corrected chi connectivity index (χ4v) is 0. The van der Waals surface area contributed by atoms with E-state index < -0.39 is 19.1 Å². The summed E-state index contributed by atoms with van der Waals surface area (Å²) in [5, 5.41) is 0. The maximum absolute atomic E-state index is 8.50. The Bertz CT molecular complexity index is 27.9. The van der Waals surface area contributed by atoms with Crippen molar-refractivity contribution in [3.8, 4) is 0 Å². The van der Waals surface area contributed by atoms with Gasteiger partial charge in [0.1, 0.15) is 0 Å². The summed E-state index contributed by atoms with van der Waals surface area (Å²) in [6, 6.07) is 0. The summed E-state index contributed by atoms with van der Waals surface area (Å²) in [6.07, 6.45) is 0. The third kappa shape index (κ3) is 135. The fourth-order valence-electron chi connectivity index (χ4n) is 0. The van der Waals surface area contributed by atoms with Gasteiger partial charge in [-0.25, -0.2) is 0 Å². The van der Waals surface area contributed by atoms with E-state index in [4.69, 9.17) is 6.65 Å². The first-order valence-corrected chi connectivity index (χ1v) is 1.68. The Morgan fingerprint density at radius 1 is 1.20 bits per heavy atom. The van der Waals surface area contributed by atoms with Crippen molar-refractivity contribution in [1.82, 2.24) is 0 Å². The van der Waals surface area contributed by atoms with Gasteiger partial charge in [0.25, 0.3) is 0 Å². The second-order valence-corrected chi connectivity index (χ2v) is 0.344. The van der Waals surface area contributed by atoms with Crippen molar-refractivity contribution in [3.63, 3.8) is 0 Å². The molecule has 5 heteroatoms. The first kappa shape index (κ1) is 18.0. The van der Waals surface area contributed by atoms with Crippen LogP contribution in [0.4, 0.5) is 0 Å².